The van der Waals surface area contributed by atoms with E-state index < -0.39 is 5.41 Å². The Hall–Kier alpha value is -1.51. The van der Waals surface area contributed by atoms with Crippen molar-refractivity contribution in [1.82, 2.24) is 4.90 Å². The number of rotatable bonds is 4. The Morgan fingerprint density at radius 1 is 1.47 bits per heavy atom. The molecule has 0 bridgehead atoms. The number of amides is 1. The lowest BCUT2D eigenvalue weighted by Gasteiger charge is -2.28. The maximum absolute atomic E-state index is 12.6. The van der Waals surface area contributed by atoms with Gasteiger partial charge in [-0.05, 0) is 38.0 Å². The summed E-state index contributed by atoms with van der Waals surface area (Å²) in [4.78, 5) is 14.4. The van der Waals surface area contributed by atoms with Crippen molar-refractivity contribution in [3.8, 4) is 0 Å². The standard InChI is InChI=1S/C14H19NO2/c1-4-11(3)15-9-8-14(5-2,13(15)16)12-7-6-10-17-12/h6-11H,4-5H2,1-3H3. The minimum atomic E-state index is -0.590. The first-order valence-corrected chi connectivity index (χ1v) is 6.21. The second-order valence-corrected chi connectivity index (χ2v) is 4.59. The zero-order chi connectivity index (χ0) is 12.5. The molecule has 1 aliphatic rings. The van der Waals surface area contributed by atoms with Gasteiger partial charge < -0.3 is 9.32 Å². The van der Waals surface area contributed by atoms with Crippen LogP contribution < -0.4 is 0 Å². The minimum Gasteiger partial charge on any atom is -0.468 e. The van der Waals surface area contributed by atoms with Crippen LogP contribution in [-0.4, -0.2) is 16.8 Å². The number of nitrogens with zero attached hydrogens (tertiary/aromatic N) is 1. The van der Waals surface area contributed by atoms with Crippen LogP contribution in [0.3, 0.4) is 0 Å². The molecule has 1 aromatic rings. The molecule has 1 aliphatic heterocycles. The molecule has 0 radical (unpaired) electrons. The van der Waals surface area contributed by atoms with Crippen LogP contribution >= 0.6 is 0 Å². The van der Waals surface area contributed by atoms with Gasteiger partial charge >= 0.3 is 0 Å². The molecule has 2 rings (SSSR count). The monoisotopic (exact) mass is 233 g/mol. The molecule has 0 aromatic carbocycles. The highest BCUT2D eigenvalue weighted by Gasteiger charge is 2.46. The highest BCUT2D eigenvalue weighted by atomic mass is 16.3. The van der Waals surface area contributed by atoms with E-state index in [0.29, 0.717) is 0 Å². The fraction of sp³-hybridized carbons (Fsp3) is 0.500. The van der Waals surface area contributed by atoms with Gasteiger partial charge in [0.2, 0.25) is 5.91 Å². The molecular weight excluding hydrogens is 214 g/mol. The van der Waals surface area contributed by atoms with Crippen LogP contribution in [0.1, 0.15) is 39.4 Å². The van der Waals surface area contributed by atoms with Crippen molar-refractivity contribution < 1.29 is 9.21 Å². The molecule has 3 heteroatoms. The Morgan fingerprint density at radius 2 is 2.24 bits per heavy atom. The molecule has 2 heterocycles. The quantitative estimate of drug-likeness (QED) is 0.800. The summed E-state index contributed by atoms with van der Waals surface area (Å²) >= 11 is 0. The van der Waals surface area contributed by atoms with E-state index in [2.05, 4.69) is 13.8 Å². The molecule has 3 nitrogen and oxygen atoms in total. The summed E-state index contributed by atoms with van der Waals surface area (Å²) in [5, 5.41) is 0. The van der Waals surface area contributed by atoms with E-state index in [1.54, 1.807) is 6.26 Å². The third-order valence-corrected chi connectivity index (χ3v) is 3.72. The Morgan fingerprint density at radius 3 is 2.76 bits per heavy atom. The van der Waals surface area contributed by atoms with Crippen molar-refractivity contribution >= 4 is 5.91 Å². The number of hydrogen-bond donors (Lipinski definition) is 0. The summed E-state index contributed by atoms with van der Waals surface area (Å²) in [6.07, 6.45) is 7.18. The van der Waals surface area contributed by atoms with Gasteiger partial charge in [-0.15, -0.1) is 0 Å². The third kappa shape index (κ3) is 1.70. The van der Waals surface area contributed by atoms with Crippen LogP contribution in [0.5, 0.6) is 0 Å². The lowest BCUT2D eigenvalue weighted by atomic mass is 9.83. The van der Waals surface area contributed by atoms with Crippen LogP contribution in [0.15, 0.2) is 35.1 Å². The number of carbonyl (C=O) groups excluding carboxylic acids is 1. The molecule has 2 unspecified atom stereocenters. The van der Waals surface area contributed by atoms with Gasteiger partial charge in [0, 0.05) is 12.2 Å². The molecule has 92 valence electrons. The van der Waals surface area contributed by atoms with Crippen molar-refractivity contribution in [3.63, 3.8) is 0 Å². The smallest absolute Gasteiger partial charge is 0.244 e. The molecule has 0 N–H and O–H groups in total. The second kappa shape index (κ2) is 4.40. The van der Waals surface area contributed by atoms with E-state index in [4.69, 9.17) is 4.42 Å². The first-order valence-electron chi connectivity index (χ1n) is 6.21. The number of carbonyl (C=O) groups is 1. The van der Waals surface area contributed by atoms with E-state index in [0.717, 1.165) is 18.6 Å². The van der Waals surface area contributed by atoms with E-state index in [9.17, 15) is 4.79 Å². The summed E-state index contributed by atoms with van der Waals surface area (Å²) in [7, 11) is 0. The molecule has 0 fully saturated rings. The molecule has 1 amide bonds. The fourth-order valence-electron chi connectivity index (χ4n) is 2.28. The van der Waals surface area contributed by atoms with Gasteiger partial charge in [0.15, 0.2) is 0 Å². The van der Waals surface area contributed by atoms with Crippen molar-refractivity contribution in [2.45, 2.75) is 45.1 Å². The lowest BCUT2D eigenvalue weighted by molar-refractivity contribution is -0.133. The van der Waals surface area contributed by atoms with E-state index in [-0.39, 0.29) is 11.9 Å². The van der Waals surface area contributed by atoms with Crippen LogP contribution in [0.4, 0.5) is 0 Å². The zero-order valence-electron chi connectivity index (χ0n) is 10.6. The maximum Gasteiger partial charge on any atom is 0.244 e. The van der Waals surface area contributed by atoms with Crippen LogP contribution in [0.25, 0.3) is 0 Å². The average Bonchev–Trinajstić information content (AvgIpc) is 2.96. The Balaban J connectivity index is 2.34. The number of furan rings is 1. The third-order valence-electron chi connectivity index (χ3n) is 3.72. The largest absolute Gasteiger partial charge is 0.468 e. The highest BCUT2D eigenvalue weighted by molar-refractivity contribution is 5.93. The normalized spacial score (nSPS) is 25.6. The van der Waals surface area contributed by atoms with Gasteiger partial charge in [-0.25, -0.2) is 0 Å². The summed E-state index contributed by atoms with van der Waals surface area (Å²) in [5.41, 5.74) is -0.590. The second-order valence-electron chi connectivity index (χ2n) is 4.59. The van der Waals surface area contributed by atoms with E-state index in [1.807, 2.05) is 36.2 Å². The van der Waals surface area contributed by atoms with E-state index in [1.165, 1.54) is 0 Å². The molecule has 0 saturated heterocycles. The molecular formula is C14H19NO2. The maximum atomic E-state index is 12.6. The summed E-state index contributed by atoms with van der Waals surface area (Å²) < 4.78 is 5.45. The topological polar surface area (TPSA) is 33.5 Å². The first-order chi connectivity index (χ1) is 8.15. The van der Waals surface area contributed by atoms with Gasteiger partial charge in [0.05, 0.1) is 6.26 Å². The lowest BCUT2D eigenvalue weighted by Crippen LogP contribution is -2.41. The molecule has 0 saturated carbocycles. The summed E-state index contributed by atoms with van der Waals surface area (Å²) in [6, 6.07) is 3.95. The van der Waals surface area contributed by atoms with Crippen molar-refractivity contribution in [1.29, 1.82) is 0 Å². The van der Waals surface area contributed by atoms with Gasteiger partial charge in [-0.3, -0.25) is 4.79 Å². The molecule has 0 spiro atoms. The summed E-state index contributed by atoms with van der Waals surface area (Å²) in [5.74, 6) is 0.872. The minimum absolute atomic E-state index is 0.129. The Labute approximate surface area is 102 Å². The predicted molar refractivity (Wildman–Crippen MR) is 66.4 cm³/mol. The predicted octanol–water partition coefficient (Wildman–Crippen LogP) is 3.08. The van der Waals surface area contributed by atoms with E-state index >= 15 is 0 Å². The molecule has 0 aliphatic carbocycles. The molecule has 1 aromatic heterocycles. The average molecular weight is 233 g/mol. The molecule has 2 atom stereocenters. The van der Waals surface area contributed by atoms with Crippen LogP contribution in [0.2, 0.25) is 0 Å². The van der Waals surface area contributed by atoms with Crippen molar-refractivity contribution in [2.24, 2.45) is 0 Å². The molecule has 17 heavy (non-hydrogen) atoms. The first kappa shape index (κ1) is 12.0. The SMILES string of the molecule is CCC(C)N1C=CC(CC)(c2ccco2)C1=O. The fourth-order valence-corrected chi connectivity index (χ4v) is 2.28. The van der Waals surface area contributed by atoms with Gasteiger partial charge in [0.25, 0.3) is 0 Å². The van der Waals surface area contributed by atoms with Crippen LogP contribution in [0, 0.1) is 0 Å². The van der Waals surface area contributed by atoms with Gasteiger partial charge in [-0.1, -0.05) is 13.8 Å². The van der Waals surface area contributed by atoms with Crippen LogP contribution in [-0.2, 0) is 10.2 Å². The van der Waals surface area contributed by atoms with Crippen molar-refractivity contribution in [2.75, 3.05) is 0 Å². The Kier molecular flexibility index (Phi) is 3.09. The highest BCUT2D eigenvalue weighted by Crippen LogP contribution is 2.37. The van der Waals surface area contributed by atoms with Gasteiger partial charge in [0.1, 0.15) is 11.2 Å². The van der Waals surface area contributed by atoms with Gasteiger partial charge in [-0.2, -0.15) is 0 Å². The van der Waals surface area contributed by atoms with Crippen molar-refractivity contribution in [3.05, 3.63) is 36.4 Å². The zero-order valence-corrected chi connectivity index (χ0v) is 10.6. The number of hydrogen-bond acceptors (Lipinski definition) is 2. The summed E-state index contributed by atoms with van der Waals surface area (Å²) in [6.45, 7) is 6.17. The Bertz CT molecular complexity index is 421.